The Morgan fingerprint density at radius 3 is 2.65 bits per heavy atom. The molecule has 0 aromatic heterocycles. The number of esters is 1. The minimum atomic E-state index is -0.816. The van der Waals surface area contributed by atoms with Gasteiger partial charge in [0.05, 0.1) is 12.0 Å². The van der Waals surface area contributed by atoms with Crippen LogP contribution in [0.15, 0.2) is 48.2 Å². The number of amides is 1. The van der Waals surface area contributed by atoms with Crippen molar-refractivity contribution in [3.63, 3.8) is 0 Å². The average Bonchev–Trinajstić information content (AvgIpc) is 2.73. The van der Waals surface area contributed by atoms with Crippen LogP contribution < -0.4 is 0 Å². The zero-order valence-electron chi connectivity index (χ0n) is 18.6. The first-order valence-corrected chi connectivity index (χ1v) is 10.9. The minimum Gasteiger partial charge on any atom is -0.481 e. The third-order valence-electron chi connectivity index (χ3n) is 5.68. The predicted molar refractivity (Wildman–Crippen MR) is 118 cm³/mol. The van der Waals surface area contributed by atoms with E-state index in [2.05, 4.69) is 0 Å². The Labute approximate surface area is 183 Å². The van der Waals surface area contributed by atoms with Crippen LogP contribution in [-0.2, 0) is 23.9 Å². The highest BCUT2D eigenvalue weighted by Crippen LogP contribution is 2.37. The second-order valence-corrected chi connectivity index (χ2v) is 8.86. The smallest absolute Gasteiger partial charge is 0.314 e. The van der Waals surface area contributed by atoms with Gasteiger partial charge in [0.2, 0.25) is 0 Å². The van der Waals surface area contributed by atoms with E-state index in [-0.39, 0.29) is 43.0 Å². The Morgan fingerprint density at radius 1 is 1.23 bits per heavy atom. The van der Waals surface area contributed by atoms with Gasteiger partial charge in [0, 0.05) is 25.6 Å². The van der Waals surface area contributed by atoms with Crippen LogP contribution in [0.2, 0.25) is 0 Å². The largest absolute Gasteiger partial charge is 0.481 e. The van der Waals surface area contributed by atoms with Gasteiger partial charge in [-0.05, 0) is 45.6 Å². The van der Waals surface area contributed by atoms with Crippen molar-refractivity contribution in [2.24, 2.45) is 5.41 Å². The van der Waals surface area contributed by atoms with Crippen molar-refractivity contribution >= 4 is 23.7 Å². The molecular formula is C25H31NO5. The van der Waals surface area contributed by atoms with Gasteiger partial charge < -0.3 is 14.4 Å². The molecule has 1 fully saturated rings. The summed E-state index contributed by atoms with van der Waals surface area (Å²) in [5, 5.41) is 0. The summed E-state index contributed by atoms with van der Waals surface area (Å²) in [6, 6.07) is 9.87. The first-order chi connectivity index (χ1) is 14.7. The third-order valence-corrected chi connectivity index (χ3v) is 5.68. The minimum absolute atomic E-state index is 0.0562. The zero-order chi connectivity index (χ0) is 22.5. The van der Waals surface area contributed by atoms with Gasteiger partial charge in [-0.1, -0.05) is 42.5 Å². The van der Waals surface area contributed by atoms with Crippen LogP contribution in [0.1, 0.15) is 52.0 Å². The summed E-state index contributed by atoms with van der Waals surface area (Å²) in [6.07, 6.45) is 7.26. The molecule has 6 heteroatoms. The van der Waals surface area contributed by atoms with Crippen molar-refractivity contribution in [1.29, 1.82) is 0 Å². The summed E-state index contributed by atoms with van der Waals surface area (Å²) >= 11 is 0. The van der Waals surface area contributed by atoms with Crippen LogP contribution in [0.4, 0.5) is 0 Å². The van der Waals surface area contributed by atoms with Gasteiger partial charge in [-0.2, -0.15) is 0 Å². The maximum atomic E-state index is 13.2. The fourth-order valence-corrected chi connectivity index (χ4v) is 4.23. The highest BCUT2D eigenvalue weighted by molar-refractivity contribution is 6.02. The summed E-state index contributed by atoms with van der Waals surface area (Å²) < 4.78 is 11.2. The van der Waals surface area contributed by atoms with Crippen LogP contribution >= 0.6 is 0 Å². The molecule has 0 bridgehead atoms. The third kappa shape index (κ3) is 5.63. The van der Waals surface area contributed by atoms with E-state index in [0.717, 1.165) is 5.56 Å². The number of ether oxygens (including phenoxy) is 2. The Balaban J connectivity index is 1.80. The summed E-state index contributed by atoms with van der Waals surface area (Å²) in [5.74, 6) is -0.707. The normalized spacial score (nSPS) is 23.3. The van der Waals surface area contributed by atoms with Crippen LogP contribution in [0.25, 0.3) is 6.08 Å². The monoisotopic (exact) mass is 425 g/mol. The van der Waals surface area contributed by atoms with E-state index >= 15 is 0 Å². The lowest BCUT2D eigenvalue weighted by Crippen LogP contribution is -2.51. The van der Waals surface area contributed by atoms with E-state index in [1.54, 1.807) is 25.7 Å². The Bertz CT molecular complexity index is 886. The van der Waals surface area contributed by atoms with Crippen LogP contribution in [0.3, 0.4) is 0 Å². The van der Waals surface area contributed by atoms with Crippen LogP contribution in [0.5, 0.6) is 0 Å². The van der Waals surface area contributed by atoms with Crippen molar-refractivity contribution in [3.05, 3.63) is 53.8 Å². The average molecular weight is 426 g/mol. The van der Waals surface area contributed by atoms with E-state index in [9.17, 15) is 14.4 Å². The van der Waals surface area contributed by atoms with Gasteiger partial charge in [0.1, 0.15) is 5.60 Å². The summed E-state index contributed by atoms with van der Waals surface area (Å²) in [4.78, 5) is 39.8. The lowest BCUT2D eigenvalue weighted by Gasteiger charge is -2.41. The van der Waals surface area contributed by atoms with Crippen molar-refractivity contribution < 1.29 is 23.9 Å². The standard InChI is InChI=1S/C25H31NO5/c1-4-30-23(29)25(13-8-12-19-10-6-5-7-11-19)14-9-15-26(18-25)22(28)21-16-20(27)17-24(2,3)31-21/h5-8,10-12,16H,4,9,13-15,17-18H2,1-3H3/b12-8+/t25-/m0/s1. The SMILES string of the molecule is CCOC(=O)[C@@]1(C/C=C/c2ccccc2)CCCN(C(=O)C2=CC(=O)CC(C)(C)O2)C1. The molecule has 2 aliphatic rings. The number of hydrogen-bond acceptors (Lipinski definition) is 5. The van der Waals surface area contributed by atoms with E-state index in [1.165, 1.54) is 6.08 Å². The van der Waals surface area contributed by atoms with E-state index < -0.39 is 11.0 Å². The van der Waals surface area contributed by atoms with Crippen LogP contribution in [-0.4, -0.2) is 47.9 Å². The van der Waals surface area contributed by atoms with Gasteiger partial charge in [-0.3, -0.25) is 14.4 Å². The number of hydrogen-bond donors (Lipinski definition) is 0. The summed E-state index contributed by atoms with van der Waals surface area (Å²) in [5.41, 5.74) is -0.487. The van der Waals surface area contributed by atoms with E-state index in [4.69, 9.17) is 9.47 Å². The van der Waals surface area contributed by atoms with E-state index in [0.29, 0.717) is 25.8 Å². The molecule has 1 aromatic rings. The van der Waals surface area contributed by atoms with Crippen molar-refractivity contribution in [2.75, 3.05) is 19.7 Å². The fraction of sp³-hybridized carbons (Fsp3) is 0.480. The van der Waals surface area contributed by atoms with Gasteiger partial charge in [-0.15, -0.1) is 0 Å². The molecule has 166 valence electrons. The lowest BCUT2D eigenvalue weighted by atomic mass is 9.76. The number of likely N-dealkylation sites (tertiary alicyclic amines) is 1. The Hall–Kier alpha value is -2.89. The maximum Gasteiger partial charge on any atom is 0.314 e. The van der Waals surface area contributed by atoms with Crippen molar-refractivity contribution in [1.82, 2.24) is 4.90 Å². The van der Waals surface area contributed by atoms with Crippen molar-refractivity contribution in [3.8, 4) is 0 Å². The quantitative estimate of drug-likeness (QED) is 0.646. The molecule has 1 atom stereocenters. The fourth-order valence-electron chi connectivity index (χ4n) is 4.23. The van der Waals surface area contributed by atoms with Gasteiger partial charge in [-0.25, -0.2) is 0 Å². The van der Waals surface area contributed by atoms with Crippen LogP contribution in [0, 0.1) is 5.41 Å². The number of allylic oxidation sites excluding steroid dienone is 2. The molecular weight excluding hydrogens is 394 g/mol. The number of piperidine rings is 1. The zero-order valence-corrected chi connectivity index (χ0v) is 18.6. The number of carbonyl (C=O) groups excluding carboxylic acids is 3. The molecule has 0 saturated carbocycles. The molecule has 3 rings (SSSR count). The highest BCUT2D eigenvalue weighted by atomic mass is 16.5. The van der Waals surface area contributed by atoms with Gasteiger partial charge in [0.25, 0.3) is 5.91 Å². The number of benzene rings is 1. The second kappa shape index (κ2) is 9.50. The molecule has 1 saturated heterocycles. The molecule has 0 N–H and O–H groups in total. The number of carbonyl (C=O) groups is 3. The molecule has 31 heavy (non-hydrogen) atoms. The van der Waals surface area contributed by atoms with E-state index in [1.807, 2.05) is 42.5 Å². The number of rotatable bonds is 6. The summed E-state index contributed by atoms with van der Waals surface area (Å²) in [7, 11) is 0. The second-order valence-electron chi connectivity index (χ2n) is 8.86. The van der Waals surface area contributed by atoms with Crippen molar-refractivity contribution in [2.45, 2.75) is 52.1 Å². The predicted octanol–water partition coefficient (Wildman–Crippen LogP) is 3.91. The Kier molecular flexibility index (Phi) is 6.98. The molecule has 0 radical (unpaired) electrons. The first-order valence-electron chi connectivity index (χ1n) is 10.9. The molecule has 1 aromatic carbocycles. The number of ketones is 1. The molecule has 0 aliphatic carbocycles. The molecule has 0 unspecified atom stereocenters. The first kappa shape index (κ1) is 22.8. The van der Waals surface area contributed by atoms with Gasteiger partial charge >= 0.3 is 5.97 Å². The topological polar surface area (TPSA) is 72.9 Å². The van der Waals surface area contributed by atoms with Gasteiger partial charge in [0.15, 0.2) is 11.5 Å². The molecule has 6 nitrogen and oxygen atoms in total. The molecule has 1 amide bonds. The molecule has 0 spiro atoms. The summed E-state index contributed by atoms with van der Waals surface area (Å²) in [6.45, 7) is 6.40. The lowest BCUT2D eigenvalue weighted by molar-refractivity contribution is -0.161. The maximum absolute atomic E-state index is 13.2. The molecule has 2 heterocycles. The highest BCUT2D eigenvalue weighted by Gasteiger charge is 2.45. The molecule has 2 aliphatic heterocycles. The number of nitrogens with zero attached hydrogens (tertiary/aromatic N) is 1. The Morgan fingerprint density at radius 2 is 1.97 bits per heavy atom.